The molecular formula is C18H17N3O2S. The van der Waals surface area contributed by atoms with Crippen LogP contribution in [-0.2, 0) is 0 Å². The van der Waals surface area contributed by atoms with Crippen molar-refractivity contribution in [1.29, 1.82) is 0 Å². The van der Waals surface area contributed by atoms with Gasteiger partial charge in [-0.3, -0.25) is 5.43 Å². The highest BCUT2D eigenvalue weighted by Gasteiger charge is 2.08. The van der Waals surface area contributed by atoms with E-state index in [4.69, 9.17) is 9.47 Å². The van der Waals surface area contributed by atoms with Crippen LogP contribution in [0.15, 0.2) is 64.0 Å². The van der Waals surface area contributed by atoms with Crippen LogP contribution in [0.1, 0.15) is 11.1 Å². The maximum absolute atomic E-state index is 5.16. The van der Waals surface area contributed by atoms with Crippen LogP contribution in [0.4, 0.5) is 0 Å². The lowest BCUT2D eigenvalue weighted by Gasteiger charge is -2.12. The second-order valence-corrected chi connectivity index (χ2v) is 5.75. The molecule has 2 aromatic rings. The summed E-state index contributed by atoms with van der Waals surface area (Å²) in [5.74, 6) is 1.65. The van der Waals surface area contributed by atoms with Gasteiger partial charge in [0.15, 0.2) is 0 Å². The molecule has 1 aliphatic rings. The van der Waals surface area contributed by atoms with E-state index < -0.39 is 0 Å². The number of amidine groups is 1. The van der Waals surface area contributed by atoms with E-state index in [0.717, 1.165) is 28.3 Å². The minimum atomic E-state index is 0.656. The number of hydrazone groups is 1. The second-order valence-electron chi connectivity index (χ2n) is 4.92. The summed E-state index contributed by atoms with van der Waals surface area (Å²) in [5, 5.41) is 6.94. The minimum Gasteiger partial charge on any atom is -0.497 e. The molecular weight excluding hydrogens is 322 g/mol. The lowest BCUT2D eigenvalue weighted by atomic mass is 10.2. The average molecular weight is 339 g/mol. The minimum absolute atomic E-state index is 0.656. The number of nitrogens with one attached hydrogen (secondary N) is 1. The Balaban J connectivity index is 1.62. The Morgan fingerprint density at radius 1 is 0.958 bits per heavy atom. The van der Waals surface area contributed by atoms with Crippen molar-refractivity contribution < 1.29 is 9.47 Å². The molecule has 0 fully saturated rings. The van der Waals surface area contributed by atoms with Gasteiger partial charge in [-0.15, -0.1) is 5.10 Å². The van der Waals surface area contributed by atoms with E-state index in [1.807, 2.05) is 53.9 Å². The SMILES string of the molecule is COc1ccc(/C=N/C2=NNC(c3ccc(OC)cc3)=CS2)cc1. The van der Waals surface area contributed by atoms with Gasteiger partial charge in [0.2, 0.25) is 5.17 Å². The van der Waals surface area contributed by atoms with Gasteiger partial charge in [-0.1, -0.05) is 11.8 Å². The molecule has 0 saturated heterocycles. The summed E-state index contributed by atoms with van der Waals surface area (Å²) in [6.07, 6.45) is 1.78. The van der Waals surface area contributed by atoms with Crippen LogP contribution in [0.2, 0.25) is 0 Å². The predicted molar refractivity (Wildman–Crippen MR) is 99.7 cm³/mol. The van der Waals surface area contributed by atoms with E-state index in [0.29, 0.717) is 5.17 Å². The Morgan fingerprint density at radius 3 is 2.12 bits per heavy atom. The maximum atomic E-state index is 5.16. The van der Waals surface area contributed by atoms with Gasteiger partial charge in [-0.05, 0) is 54.1 Å². The Morgan fingerprint density at radius 2 is 1.58 bits per heavy atom. The molecule has 122 valence electrons. The highest BCUT2D eigenvalue weighted by atomic mass is 32.2. The van der Waals surface area contributed by atoms with Crippen LogP contribution in [0.25, 0.3) is 5.70 Å². The summed E-state index contributed by atoms with van der Waals surface area (Å²) < 4.78 is 10.3. The highest BCUT2D eigenvalue weighted by molar-refractivity contribution is 8.16. The fraction of sp³-hybridized carbons (Fsp3) is 0.111. The first-order chi connectivity index (χ1) is 11.8. The number of hydrogen-bond donors (Lipinski definition) is 1. The van der Waals surface area contributed by atoms with Gasteiger partial charge in [0, 0.05) is 17.2 Å². The first kappa shape index (κ1) is 16.1. The molecule has 0 aromatic heterocycles. The molecule has 0 aliphatic carbocycles. The molecule has 0 bridgehead atoms. The van der Waals surface area contributed by atoms with Gasteiger partial charge in [-0.2, -0.15) is 0 Å². The third-order valence-electron chi connectivity index (χ3n) is 3.40. The molecule has 1 N–H and O–H groups in total. The fourth-order valence-electron chi connectivity index (χ4n) is 2.05. The van der Waals surface area contributed by atoms with Crippen LogP contribution in [0.5, 0.6) is 11.5 Å². The van der Waals surface area contributed by atoms with Crippen LogP contribution in [0, 0.1) is 0 Å². The quantitative estimate of drug-likeness (QED) is 0.863. The van der Waals surface area contributed by atoms with Gasteiger partial charge in [0.05, 0.1) is 19.9 Å². The van der Waals surface area contributed by atoms with Crippen LogP contribution >= 0.6 is 11.8 Å². The van der Waals surface area contributed by atoms with Crippen molar-refractivity contribution >= 4 is 28.8 Å². The largest absolute Gasteiger partial charge is 0.497 e. The highest BCUT2D eigenvalue weighted by Crippen LogP contribution is 2.23. The van der Waals surface area contributed by atoms with E-state index in [1.54, 1.807) is 20.4 Å². The summed E-state index contributed by atoms with van der Waals surface area (Å²) in [5.41, 5.74) is 6.00. The van der Waals surface area contributed by atoms with Gasteiger partial charge in [0.1, 0.15) is 11.5 Å². The zero-order chi connectivity index (χ0) is 16.8. The van der Waals surface area contributed by atoms with Gasteiger partial charge < -0.3 is 9.47 Å². The molecule has 6 heteroatoms. The first-order valence-electron chi connectivity index (χ1n) is 7.31. The summed E-state index contributed by atoms with van der Waals surface area (Å²) in [7, 11) is 3.30. The lowest BCUT2D eigenvalue weighted by molar-refractivity contribution is 0.414. The smallest absolute Gasteiger partial charge is 0.210 e. The number of benzene rings is 2. The number of nitrogens with zero attached hydrogens (tertiary/aromatic N) is 2. The zero-order valence-corrected chi connectivity index (χ0v) is 14.2. The monoisotopic (exact) mass is 339 g/mol. The molecule has 2 aromatic carbocycles. The van der Waals surface area contributed by atoms with Crippen LogP contribution in [-0.4, -0.2) is 25.6 Å². The molecule has 3 rings (SSSR count). The fourth-order valence-corrected chi connectivity index (χ4v) is 2.68. The molecule has 0 radical (unpaired) electrons. The number of ether oxygens (including phenoxy) is 2. The van der Waals surface area contributed by atoms with E-state index in [-0.39, 0.29) is 0 Å². The van der Waals surface area contributed by atoms with Gasteiger partial charge >= 0.3 is 0 Å². The van der Waals surface area contributed by atoms with E-state index in [1.165, 1.54) is 11.8 Å². The normalized spacial score (nSPS) is 13.9. The Bertz CT molecular complexity index is 781. The number of thioether (sulfide) groups is 1. The second kappa shape index (κ2) is 7.70. The van der Waals surface area contributed by atoms with Crippen molar-refractivity contribution in [1.82, 2.24) is 5.43 Å². The molecule has 24 heavy (non-hydrogen) atoms. The van der Waals surface area contributed by atoms with Gasteiger partial charge in [-0.25, -0.2) is 4.99 Å². The third-order valence-corrected chi connectivity index (χ3v) is 4.16. The van der Waals surface area contributed by atoms with Crippen molar-refractivity contribution in [2.75, 3.05) is 14.2 Å². The number of rotatable bonds is 4. The summed E-state index contributed by atoms with van der Waals surface area (Å²) in [4.78, 5) is 4.38. The Labute approximate surface area is 145 Å². The first-order valence-corrected chi connectivity index (χ1v) is 8.19. The van der Waals surface area contributed by atoms with Crippen molar-refractivity contribution in [3.05, 3.63) is 65.1 Å². The molecule has 0 unspecified atom stereocenters. The standard InChI is InChI=1S/C18H17N3O2S/c1-22-15-7-3-13(4-8-15)11-19-18-21-20-17(12-24-18)14-5-9-16(23-2)10-6-14/h3-12,20H,1-2H3/b19-11+. The van der Waals surface area contributed by atoms with Crippen molar-refractivity contribution in [3.63, 3.8) is 0 Å². The number of methoxy groups -OCH3 is 2. The van der Waals surface area contributed by atoms with Crippen LogP contribution < -0.4 is 14.9 Å². The molecule has 0 atom stereocenters. The molecule has 0 saturated carbocycles. The van der Waals surface area contributed by atoms with E-state index in [9.17, 15) is 0 Å². The van der Waals surface area contributed by atoms with Gasteiger partial charge in [0.25, 0.3) is 0 Å². The molecule has 1 heterocycles. The summed E-state index contributed by atoms with van der Waals surface area (Å²) in [6.45, 7) is 0. The number of aliphatic imine (C=N–C) groups is 1. The summed E-state index contributed by atoms with van der Waals surface area (Å²) >= 11 is 1.47. The van der Waals surface area contributed by atoms with Crippen LogP contribution in [0.3, 0.4) is 0 Å². The Kier molecular flexibility index (Phi) is 5.18. The molecule has 0 spiro atoms. The zero-order valence-electron chi connectivity index (χ0n) is 13.4. The van der Waals surface area contributed by atoms with E-state index >= 15 is 0 Å². The van der Waals surface area contributed by atoms with Crippen molar-refractivity contribution in [3.8, 4) is 11.5 Å². The Hall–Kier alpha value is -2.73. The number of hydrogen-bond acceptors (Lipinski definition) is 6. The molecule has 0 amide bonds. The predicted octanol–water partition coefficient (Wildman–Crippen LogP) is 3.73. The van der Waals surface area contributed by atoms with E-state index in [2.05, 4.69) is 15.5 Å². The maximum Gasteiger partial charge on any atom is 0.210 e. The van der Waals surface area contributed by atoms with Crippen molar-refractivity contribution in [2.45, 2.75) is 0 Å². The third kappa shape index (κ3) is 3.97. The van der Waals surface area contributed by atoms with Crippen molar-refractivity contribution in [2.24, 2.45) is 10.1 Å². The molecule has 1 aliphatic heterocycles. The summed E-state index contributed by atoms with van der Waals surface area (Å²) in [6, 6.07) is 15.5. The average Bonchev–Trinajstić information content (AvgIpc) is 2.67. The topological polar surface area (TPSA) is 55.2 Å². The molecule has 5 nitrogen and oxygen atoms in total. The lowest BCUT2D eigenvalue weighted by Crippen LogP contribution is -2.10.